The largest absolute Gasteiger partial charge is 0.476 e. The maximum atomic E-state index is 12.3. The molecule has 0 saturated carbocycles. The molecule has 0 atom stereocenters. The Hall–Kier alpha value is -2.64. The number of carbonyl (C=O) groups is 1. The fraction of sp³-hybridized carbons (Fsp3) is 0. The average Bonchev–Trinajstić information content (AvgIpc) is 2.81. The van der Waals surface area contributed by atoms with E-state index in [1.54, 1.807) is 36.4 Å². The molecule has 0 amide bonds. The quantitative estimate of drug-likeness (QED) is 0.889. The zero-order valence-corrected chi connectivity index (χ0v) is 13.5. The molecule has 6 nitrogen and oxygen atoms in total. The molecular formula is C16H9ClN2O4S. The maximum Gasteiger partial charge on any atom is 0.357 e. The third-order valence-electron chi connectivity index (χ3n) is 3.81. The van der Waals surface area contributed by atoms with Gasteiger partial charge in [0.15, 0.2) is 5.71 Å². The highest BCUT2D eigenvalue weighted by molar-refractivity contribution is 7.95. The predicted octanol–water partition coefficient (Wildman–Crippen LogP) is 3.06. The topological polar surface area (TPSA) is 87.0 Å². The molecule has 2 aliphatic rings. The van der Waals surface area contributed by atoms with Crippen molar-refractivity contribution in [3.63, 3.8) is 0 Å². The van der Waals surface area contributed by atoms with E-state index >= 15 is 0 Å². The van der Waals surface area contributed by atoms with Gasteiger partial charge in [-0.25, -0.2) is 18.2 Å². The molecule has 0 unspecified atom stereocenters. The Morgan fingerprint density at radius 2 is 1.83 bits per heavy atom. The second-order valence-corrected chi connectivity index (χ2v) is 7.47. The number of halogens is 1. The maximum absolute atomic E-state index is 12.3. The molecular weight excluding hydrogens is 352 g/mol. The molecule has 0 spiro atoms. The number of anilines is 2. The van der Waals surface area contributed by atoms with Gasteiger partial charge < -0.3 is 5.11 Å². The summed E-state index contributed by atoms with van der Waals surface area (Å²) in [6, 6.07) is 11.4. The van der Waals surface area contributed by atoms with Crippen LogP contribution in [0, 0.1) is 0 Å². The number of benzene rings is 2. The molecule has 1 N–H and O–H groups in total. The van der Waals surface area contributed by atoms with E-state index in [1.165, 1.54) is 11.1 Å². The summed E-state index contributed by atoms with van der Waals surface area (Å²) in [6.07, 6.45) is 0. The molecule has 2 aromatic rings. The number of hydrogen-bond donors (Lipinski definition) is 1. The Morgan fingerprint density at radius 3 is 2.50 bits per heavy atom. The van der Waals surface area contributed by atoms with Gasteiger partial charge in [0.2, 0.25) is 9.84 Å². The van der Waals surface area contributed by atoms with Gasteiger partial charge in [-0.05, 0) is 36.4 Å². The summed E-state index contributed by atoms with van der Waals surface area (Å²) in [7, 11) is -3.68. The number of aliphatic carboxylic acids is 1. The molecule has 0 aliphatic carbocycles. The van der Waals surface area contributed by atoms with Crippen molar-refractivity contribution in [2.24, 2.45) is 5.10 Å². The Bertz CT molecular complexity index is 1060. The number of carboxylic acids is 1. The Kier molecular flexibility index (Phi) is 3.06. The molecule has 2 aromatic carbocycles. The van der Waals surface area contributed by atoms with Crippen LogP contribution in [0.1, 0.15) is 5.56 Å². The second-order valence-electron chi connectivity index (χ2n) is 5.27. The summed E-state index contributed by atoms with van der Waals surface area (Å²) in [5.41, 5.74) is 1.24. The van der Waals surface area contributed by atoms with Crippen molar-refractivity contribution < 1.29 is 18.3 Å². The minimum atomic E-state index is -3.68. The van der Waals surface area contributed by atoms with Gasteiger partial charge in [0.25, 0.3) is 0 Å². The van der Waals surface area contributed by atoms with Gasteiger partial charge in [-0.2, -0.15) is 5.10 Å². The van der Waals surface area contributed by atoms with Crippen molar-refractivity contribution in [1.29, 1.82) is 0 Å². The van der Waals surface area contributed by atoms with E-state index in [9.17, 15) is 18.3 Å². The molecule has 120 valence electrons. The van der Waals surface area contributed by atoms with Crippen LogP contribution in [-0.2, 0) is 14.6 Å². The summed E-state index contributed by atoms with van der Waals surface area (Å²) in [5, 5.41) is 16.5. The fourth-order valence-electron chi connectivity index (χ4n) is 2.80. The van der Waals surface area contributed by atoms with E-state index in [0.717, 1.165) is 5.41 Å². The lowest BCUT2D eigenvalue weighted by atomic mass is 9.99. The lowest BCUT2D eigenvalue weighted by Crippen LogP contribution is -2.25. The lowest BCUT2D eigenvalue weighted by molar-refractivity contribution is -0.129. The fourth-order valence-corrected chi connectivity index (χ4v) is 4.36. The van der Waals surface area contributed by atoms with Crippen molar-refractivity contribution in [3.8, 4) is 0 Å². The van der Waals surface area contributed by atoms with Crippen molar-refractivity contribution in [2.45, 2.75) is 4.90 Å². The van der Waals surface area contributed by atoms with Gasteiger partial charge in [0.05, 0.1) is 16.3 Å². The molecule has 0 bridgehead atoms. The zero-order chi connectivity index (χ0) is 17.1. The molecule has 2 heterocycles. The molecule has 24 heavy (non-hydrogen) atoms. The third kappa shape index (κ3) is 2.05. The Labute approximate surface area is 142 Å². The van der Waals surface area contributed by atoms with E-state index in [4.69, 9.17) is 11.6 Å². The highest BCUT2D eigenvalue weighted by atomic mass is 35.5. The van der Waals surface area contributed by atoms with E-state index in [1.807, 2.05) is 0 Å². The summed E-state index contributed by atoms with van der Waals surface area (Å²) < 4.78 is 24.6. The molecule has 4 rings (SSSR count). The number of nitrogens with zero attached hydrogens (tertiary/aromatic N) is 2. The highest BCUT2D eigenvalue weighted by Crippen LogP contribution is 2.45. The van der Waals surface area contributed by atoms with Gasteiger partial charge >= 0.3 is 5.97 Å². The van der Waals surface area contributed by atoms with Crippen LogP contribution in [0.25, 0.3) is 5.57 Å². The first kappa shape index (κ1) is 14.9. The van der Waals surface area contributed by atoms with Crippen molar-refractivity contribution >= 4 is 50.1 Å². The van der Waals surface area contributed by atoms with Crippen LogP contribution in [0.15, 0.2) is 57.9 Å². The van der Waals surface area contributed by atoms with Crippen LogP contribution in [0.5, 0.6) is 0 Å². The summed E-state index contributed by atoms with van der Waals surface area (Å²) in [6.45, 7) is 0. The van der Waals surface area contributed by atoms with Gasteiger partial charge in [-0.1, -0.05) is 17.7 Å². The van der Waals surface area contributed by atoms with Crippen LogP contribution in [0.4, 0.5) is 11.4 Å². The van der Waals surface area contributed by atoms with E-state index in [2.05, 4.69) is 5.10 Å². The average molecular weight is 361 g/mol. The van der Waals surface area contributed by atoms with Gasteiger partial charge in [-0.3, -0.25) is 0 Å². The summed E-state index contributed by atoms with van der Waals surface area (Å²) >= 11 is 5.89. The van der Waals surface area contributed by atoms with Gasteiger partial charge in [-0.15, -0.1) is 0 Å². The third-order valence-corrected chi connectivity index (χ3v) is 5.56. The first-order chi connectivity index (χ1) is 11.4. The first-order valence-electron chi connectivity index (χ1n) is 6.86. The number of sulfone groups is 1. The van der Waals surface area contributed by atoms with Crippen LogP contribution in [-0.4, -0.2) is 25.2 Å². The van der Waals surface area contributed by atoms with Crippen molar-refractivity contribution in [2.75, 3.05) is 5.01 Å². The molecule has 8 heteroatoms. The molecule has 0 saturated heterocycles. The summed E-state index contributed by atoms with van der Waals surface area (Å²) in [5.74, 6) is -1.29. The lowest BCUT2D eigenvalue weighted by Gasteiger charge is -2.27. The van der Waals surface area contributed by atoms with Crippen LogP contribution >= 0.6 is 11.6 Å². The summed E-state index contributed by atoms with van der Waals surface area (Å²) in [4.78, 5) is 11.7. The Balaban J connectivity index is 2.03. The monoisotopic (exact) mass is 360 g/mol. The minimum absolute atomic E-state index is 0.0858. The van der Waals surface area contributed by atoms with E-state index in [0.29, 0.717) is 22.0 Å². The Morgan fingerprint density at radius 1 is 1.12 bits per heavy atom. The first-order valence-corrected chi connectivity index (χ1v) is 8.79. The number of hydrogen-bond acceptors (Lipinski definition) is 5. The number of hydrazone groups is 1. The molecule has 2 aliphatic heterocycles. The molecule has 0 aromatic heterocycles. The second kappa shape index (κ2) is 4.93. The zero-order valence-electron chi connectivity index (χ0n) is 12.0. The van der Waals surface area contributed by atoms with Crippen LogP contribution < -0.4 is 5.01 Å². The predicted molar refractivity (Wildman–Crippen MR) is 90.3 cm³/mol. The molecule has 0 radical (unpaired) electrons. The SMILES string of the molecule is O=C(O)C1=NN(c2ccc(Cl)cc2)c2cccc3c2C1=CS3(=O)=O. The highest BCUT2D eigenvalue weighted by Gasteiger charge is 2.38. The van der Waals surface area contributed by atoms with Crippen LogP contribution in [0.2, 0.25) is 5.02 Å². The van der Waals surface area contributed by atoms with Gasteiger partial charge in [0.1, 0.15) is 0 Å². The van der Waals surface area contributed by atoms with Crippen LogP contribution in [0.3, 0.4) is 0 Å². The van der Waals surface area contributed by atoms with Gasteiger partial charge in [0, 0.05) is 21.6 Å². The number of carboxylic acid groups (broad SMARTS) is 1. The van der Waals surface area contributed by atoms with E-state index < -0.39 is 15.8 Å². The minimum Gasteiger partial charge on any atom is -0.476 e. The smallest absolute Gasteiger partial charge is 0.357 e. The normalized spacial score (nSPS) is 17.1. The molecule has 0 fully saturated rings. The number of rotatable bonds is 2. The standard InChI is InChI=1S/C16H9ClN2O4S/c17-9-4-6-10(7-5-9)19-12-2-1-3-13-14(12)11(8-24(13,22)23)15(18-19)16(20)21/h1-8H,(H,20,21). The van der Waals surface area contributed by atoms with Crippen molar-refractivity contribution in [1.82, 2.24) is 0 Å². The van der Waals surface area contributed by atoms with Crippen molar-refractivity contribution in [3.05, 3.63) is 58.5 Å². The van der Waals surface area contributed by atoms with E-state index in [-0.39, 0.29) is 16.2 Å².